The summed E-state index contributed by atoms with van der Waals surface area (Å²) in [4.78, 5) is 11.3. The Balaban J connectivity index is 1.86. The van der Waals surface area contributed by atoms with Gasteiger partial charge in [0.05, 0.1) is 5.56 Å². The number of aromatic carboxylic acids is 1. The van der Waals surface area contributed by atoms with Gasteiger partial charge < -0.3 is 5.11 Å². The highest BCUT2D eigenvalue weighted by Crippen LogP contribution is 2.45. The smallest absolute Gasteiger partial charge is 0.336 e. The number of benzene rings is 2. The molecule has 0 aliphatic heterocycles. The average Bonchev–Trinajstić information content (AvgIpc) is 2.59. The molecule has 1 N–H and O–H groups in total. The van der Waals surface area contributed by atoms with Crippen LogP contribution in [0.3, 0.4) is 0 Å². The van der Waals surface area contributed by atoms with Crippen molar-refractivity contribution < 1.29 is 9.90 Å². The molecule has 0 amide bonds. The van der Waals surface area contributed by atoms with Crippen LogP contribution in [0, 0.1) is 0 Å². The lowest BCUT2D eigenvalue weighted by Crippen LogP contribution is -2.33. The van der Waals surface area contributed by atoms with Gasteiger partial charge >= 0.3 is 5.97 Å². The fourth-order valence-corrected chi connectivity index (χ4v) is 3.92. The van der Waals surface area contributed by atoms with Crippen molar-refractivity contribution in [2.24, 2.45) is 0 Å². The minimum absolute atomic E-state index is 0.209. The van der Waals surface area contributed by atoms with E-state index in [2.05, 4.69) is 52.0 Å². The fourth-order valence-electron chi connectivity index (χ4n) is 3.92. The highest BCUT2D eigenvalue weighted by molar-refractivity contribution is 5.92. The summed E-state index contributed by atoms with van der Waals surface area (Å²) in [6.07, 6.45) is 7.21. The average molecular weight is 348 g/mol. The molecule has 0 unspecified atom stereocenters. The summed E-state index contributed by atoms with van der Waals surface area (Å²) in [6, 6.07) is 14.0. The Labute approximate surface area is 156 Å². The summed E-state index contributed by atoms with van der Waals surface area (Å²) in [5.74, 6) is -0.886. The summed E-state index contributed by atoms with van der Waals surface area (Å²) in [5.41, 5.74) is 5.75. The Kier molecular flexibility index (Phi) is 4.79. The van der Waals surface area contributed by atoms with E-state index in [1.165, 1.54) is 29.5 Å². The molecule has 2 aromatic carbocycles. The maximum atomic E-state index is 11.3. The van der Waals surface area contributed by atoms with Gasteiger partial charge in [-0.05, 0) is 58.4 Å². The molecule has 0 bridgehead atoms. The zero-order valence-corrected chi connectivity index (χ0v) is 16.2. The van der Waals surface area contributed by atoms with Crippen LogP contribution in [0.2, 0.25) is 0 Å². The van der Waals surface area contributed by atoms with Gasteiger partial charge in [0.15, 0.2) is 0 Å². The molecular weight excluding hydrogens is 320 g/mol. The molecule has 0 radical (unpaired) electrons. The lowest BCUT2D eigenvalue weighted by atomic mass is 9.63. The first-order valence-electron chi connectivity index (χ1n) is 9.33. The molecule has 2 heteroatoms. The van der Waals surface area contributed by atoms with E-state index in [0.29, 0.717) is 5.56 Å². The van der Waals surface area contributed by atoms with Gasteiger partial charge in [-0.15, -0.1) is 0 Å². The van der Waals surface area contributed by atoms with Crippen molar-refractivity contribution in [2.45, 2.75) is 57.8 Å². The number of carboxylic acid groups (broad SMARTS) is 1. The molecule has 0 saturated heterocycles. The van der Waals surface area contributed by atoms with Gasteiger partial charge in [-0.25, -0.2) is 4.79 Å². The topological polar surface area (TPSA) is 37.3 Å². The Morgan fingerprint density at radius 2 is 1.65 bits per heavy atom. The van der Waals surface area contributed by atoms with Crippen LogP contribution in [0.15, 0.2) is 48.5 Å². The Morgan fingerprint density at radius 1 is 1.00 bits per heavy atom. The Hall–Kier alpha value is -2.35. The molecule has 1 aliphatic rings. The number of hydrogen-bond acceptors (Lipinski definition) is 1. The van der Waals surface area contributed by atoms with Crippen molar-refractivity contribution in [3.8, 4) is 0 Å². The van der Waals surface area contributed by atoms with E-state index in [0.717, 1.165) is 12.0 Å². The third kappa shape index (κ3) is 3.60. The first-order chi connectivity index (χ1) is 12.2. The van der Waals surface area contributed by atoms with Crippen LogP contribution in [-0.4, -0.2) is 11.1 Å². The van der Waals surface area contributed by atoms with Crippen molar-refractivity contribution in [3.63, 3.8) is 0 Å². The van der Waals surface area contributed by atoms with Gasteiger partial charge in [0.25, 0.3) is 0 Å². The highest BCUT2D eigenvalue weighted by atomic mass is 16.4. The first kappa shape index (κ1) is 18.4. The van der Waals surface area contributed by atoms with E-state index in [4.69, 9.17) is 0 Å². The quantitative estimate of drug-likeness (QED) is 0.737. The SMILES string of the molecule is CC1(C)CCC(C)(C)c2cc(CC=Cc3ccccc3C(=O)O)ccc21. The van der Waals surface area contributed by atoms with Crippen LogP contribution < -0.4 is 0 Å². The van der Waals surface area contributed by atoms with Crippen molar-refractivity contribution in [3.05, 3.63) is 76.4 Å². The maximum Gasteiger partial charge on any atom is 0.336 e. The molecule has 0 spiro atoms. The van der Waals surface area contributed by atoms with Crippen molar-refractivity contribution >= 4 is 12.0 Å². The minimum Gasteiger partial charge on any atom is -0.478 e. The van der Waals surface area contributed by atoms with Crippen LogP contribution in [0.1, 0.15) is 73.1 Å². The van der Waals surface area contributed by atoms with Gasteiger partial charge in [0.1, 0.15) is 0 Å². The second-order valence-corrected chi connectivity index (χ2v) is 8.65. The predicted molar refractivity (Wildman–Crippen MR) is 108 cm³/mol. The van der Waals surface area contributed by atoms with Gasteiger partial charge in [-0.1, -0.05) is 76.2 Å². The van der Waals surface area contributed by atoms with Gasteiger partial charge in [-0.3, -0.25) is 0 Å². The molecule has 0 atom stereocenters. The van der Waals surface area contributed by atoms with Crippen molar-refractivity contribution in [1.82, 2.24) is 0 Å². The molecule has 0 aromatic heterocycles. The molecule has 2 nitrogen and oxygen atoms in total. The number of carboxylic acids is 1. The third-order valence-electron chi connectivity index (χ3n) is 5.76. The van der Waals surface area contributed by atoms with Crippen LogP contribution in [-0.2, 0) is 17.3 Å². The summed E-state index contributed by atoms with van der Waals surface area (Å²) in [7, 11) is 0. The Bertz CT molecular complexity index is 856. The van der Waals surface area contributed by atoms with E-state index in [1.54, 1.807) is 12.1 Å². The molecule has 0 heterocycles. The second-order valence-electron chi connectivity index (χ2n) is 8.65. The zero-order chi connectivity index (χ0) is 18.9. The number of hydrogen-bond donors (Lipinski definition) is 1. The van der Waals surface area contributed by atoms with Gasteiger partial charge in [0, 0.05) is 0 Å². The van der Waals surface area contributed by atoms with E-state index in [-0.39, 0.29) is 10.8 Å². The van der Waals surface area contributed by atoms with E-state index < -0.39 is 5.97 Å². The van der Waals surface area contributed by atoms with Crippen molar-refractivity contribution in [2.75, 3.05) is 0 Å². The third-order valence-corrected chi connectivity index (χ3v) is 5.76. The van der Waals surface area contributed by atoms with Crippen LogP contribution in [0.25, 0.3) is 6.08 Å². The summed E-state index contributed by atoms with van der Waals surface area (Å²) in [5, 5.41) is 9.29. The molecule has 0 saturated carbocycles. The second kappa shape index (κ2) is 6.75. The molecule has 2 aromatic rings. The minimum atomic E-state index is -0.886. The van der Waals surface area contributed by atoms with Crippen LogP contribution in [0.5, 0.6) is 0 Å². The predicted octanol–water partition coefficient (Wildman–Crippen LogP) is 5.99. The fraction of sp³-hybridized carbons (Fsp3) is 0.375. The number of rotatable bonds is 4. The zero-order valence-electron chi connectivity index (χ0n) is 16.2. The normalized spacial score (nSPS) is 17.8. The summed E-state index contributed by atoms with van der Waals surface area (Å²) < 4.78 is 0. The number of carbonyl (C=O) groups is 1. The summed E-state index contributed by atoms with van der Waals surface area (Å²) >= 11 is 0. The van der Waals surface area contributed by atoms with Gasteiger partial charge in [0.2, 0.25) is 0 Å². The number of fused-ring (bicyclic) bond motifs is 1. The molecule has 136 valence electrons. The van der Waals surface area contributed by atoms with Gasteiger partial charge in [-0.2, -0.15) is 0 Å². The first-order valence-corrected chi connectivity index (χ1v) is 9.33. The highest BCUT2D eigenvalue weighted by Gasteiger charge is 2.36. The number of allylic oxidation sites excluding steroid dienone is 1. The molecular formula is C24H28O2. The van der Waals surface area contributed by atoms with E-state index >= 15 is 0 Å². The Morgan fingerprint density at radius 3 is 2.35 bits per heavy atom. The van der Waals surface area contributed by atoms with Crippen molar-refractivity contribution in [1.29, 1.82) is 0 Å². The lowest BCUT2D eigenvalue weighted by molar-refractivity contribution is 0.0696. The van der Waals surface area contributed by atoms with E-state index in [9.17, 15) is 9.90 Å². The van der Waals surface area contributed by atoms with Crippen LogP contribution in [0.4, 0.5) is 0 Å². The maximum absolute atomic E-state index is 11.3. The standard InChI is InChI=1S/C24H28O2/c1-23(2)14-15-24(3,4)21-16-17(12-13-20(21)23)8-7-10-18-9-5-6-11-19(18)22(25)26/h5-7,9-13,16H,8,14-15H2,1-4H3,(H,25,26). The van der Waals surface area contributed by atoms with E-state index in [1.807, 2.05) is 18.2 Å². The molecule has 1 aliphatic carbocycles. The lowest BCUT2D eigenvalue weighted by Gasteiger charge is -2.42. The molecule has 0 fully saturated rings. The largest absolute Gasteiger partial charge is 0.478 e. The molecule has 3 rings (SSSR count). The van der Waals surface area contributed by atoms with Crippen LogP contribution >= 0.6 is 0 Å². The summed E-state index contributed by atoms with van der Waals surface area (Å²) in [6.45, 7) is 9.35. The molecule has 26 heavy (non-hydrogen) atoms. The monoisotopic (exact) mass is 348 g/mol.